The fourth-order valence-electron chi connectivity index (χ4n) is 0.765. The van der Waals surface area contributed by atoms with Gasteiger partial charge < -0.3 is 14.0 Å². The van der Waals surface area contributed by atoms with Crippen LogP contribution in [0.25, 0.3) is 0 Å². The van der Waals surface area contributed by atoms with Gasteiger partial charge in [0.1, 0.15) is 0 Å². The highest BCUT2D eigenvalue weighted by Gasteiger charge is 2.32. The smallest absolute Gasteiger partial charge is 0.336 e. The molecule has 0 spiro atoms. The summed E-state index contributed by atoms with van der Waals surface area (Å²) in [7, 11) is -3.59. The topological polar surface area (TPSA) is 49.7 Å². The van der Waals surface area contributed by atoms with Crippen molar-refractivity contribution >= 4 is 17.4 Å². The van der Waals surface area contributed by atoms with Gasteiger partial charge in [-0.1, -0.05) is 0 Å². The Balaban J connectivity index is 2.33. The fraction of sp³-hybridized carbons (Fsp3) is 1.00. The van der Waals surface area contributed by atoms with E-state index < -0.39 is 17.4 Å². The summed E-state index contributed by atoms with van der Waals surface area (Å²) in [6.07, 6.45) is 0.840. The molecule has 48 valence electrons. The Labute approximate surface area is 51.3 Å². The molecule has 0 atom stereocenters. The molecule has 0 aromatic heterocycles. The Bertz CT molecular complexity index is 76.6. The third-order valence-corrected chi connectivity index (χ3v) is 6.37. The van der Waals surface area contributed by atoms with Gasteiger partial charge in [-0.25, -0.2) is 0 Å². The van der Waals surface area contributed by atoms with Crippen molar-refractivity contribution in [1.29, 1.82) is 0 Å². The molecule has 0 amide bonds. The second-order valence-electron chi connectivity index (χ2n) is 2.14. The normalized spacial score (nSPS) is 30.8. The van der Waals surface area contributed by atoms with Gasteiger partial charge in [0, 0.05) is 6.61 Å². The van der Waals surface area contributed by atoms with Gasteiger partial charge in [-0.3, -0.25) is 0 Å². The fourth-order valence-corrected chi connectivity index (χ4v) is 4.89. The molecule has 5 heteroatoms. The van der Waals surface area contributed by atoms with E-state index in [0.29, 0.717) is 6.04 Å². The summed E-state index contributed by atoms with van der Waals surface area (Å²) in [6, 6.07) is 0.638. The Morgan fingerprint density at radius 1 is 1.50 bits per heavy atom. The van der Waals surface area contributed by atoms with Gasteiger partial charge in [0.15, 0.2) is 0 Å². The minimum atomic E-state index is -2.67. The van der Waals surface area contributed by atoms with Crippen molar-refractivity contribution in [3.05, 3.63) is 0 Å². The van der Waals surface area contributed by atoms with Crippen LogP contribution in [0.4, 0.5) is 0 Å². The lowest BCUT2D eigenvalue weighted by Crippen LogP contribution is -2.47. The standard InChI is InChI=1S/C3H10O3Si2/c4-8(5)3-1-2-6-7-8/h4-5H,1-3,7H2. The lowest BCUT2D eigenvalue weighted by Gasteiger charge is -2.21. The largest absolute Gasteiger partial charge is 0.421 e. The first-order valence-electron chi connectivity index (χ1n) is 2.73. The molecule has 1 rings (SSSR count). The summed E-state index contributed by atoms with van der Waals surface area (Å²) >= 11 is 0. The molecule has 3 nitrogen and oxygen atoms in total. The lowest BCUT2D eigenvalue weighted by atomic mass is 10.5. The zero-order chi connectivity index (χ0) is 6.04. The lowest BCUT2D eigenvalue weighted by molar-refractivity contribution is 0.288. The Kier molecular flexibility index (Phi) is 1.83. The zero-order valence-electron chi connectivity index (χ0n) is 4.63. The maximum atomic E-state index is 9.01. The number of hydrogen-bond acceptors (Lipinski definition) is 3. The maximum absolute atomic E-state index is 9.01. The maximum Gasteiger partial charge on any atom is 0.336 e. The van der Waals surface area contributed by atoms with E-state index in [0.717, 1.165) is 13.0 Å². The minimum Gasteiger partial charge on any atom is -0.421 e. The molecule has 8 heavy (non-hydrogen) atoms. The van der Waals surface area contributed by atoms with Crippen molar-refractivity contribution in [2.75, 3.05) is 6.61 Å². The zero-order valence-corrected chi connectivity index (χ0v) is 7.05. The predicted octanol–water partition coefficient (Wildman–Crippen LogP) is -1.59. The van der Waals surface area contributed by atoms with E-state index in [1.807, 2.05) is 0 Å². The molecule has 1 heterocycles. The van der Waals surface area contributed by atoms with Gasteiger partial charge in [-0.15, -0.1) is 0 Å². The molecule has 0 bridgehead atoms. The van der Waals surface area contributed by atoms with E-state index in [9.17, 15) is 0 Å². The van der Waals surface area contributed by atoms with Crippen LogP contribution in [0.5, 0.6) is 0 Å². The SMILES string of the molecule is O[Si]1(O)CCCO[SiH2]1. The van der Waals surface area contributed by atoms with Crippen molar-refractivity contribution in [2.45, 2.75) is 12.5 Å². The molecule has 2 N–H and O–H groups in total. The van der Waals surface area contributed by atoms with Crippen molar-refractivity contribution in [1.82, 2.24) is 0 Å². The molecule has 0 unspecified atom stereocenters. The van der Waals surface area contributed by atoms with Crippen LogP contribution in [-0.2, 0) is 4.43 Å². The van der Waals surface area contributed by atoms with E-state index >= 15 is 0 Å². The van der Waals surface area contributed by atoms with E-state index in [2.05, 4.69) is 0 Å². The first kappa shape index (κ1) is 6.43. The number of hydrogen-bond donors (Lipinski definition) is 2. The summed E-state index contributed by atoms with van der Waals surface area (Å²) < 4.78 is 4.99. The van der Waals surface area contributed by atoms with Crippen LogP contribution in [0.3, 0.4) is 0 Å². The van der Waals surface area contributed by atoms with Crippen LogP contribution in [0.2, 0.25) is 6.04 Å². The van der Waals surface area contributed by atoms with Gasteiger partial charge in [-0.05, 0) is 12.5 Å². The number of rotatable bonds is 0. The van der Waals surface area contributed by atoms with E-state index in [1.54, 1.807) is 0 Å². The van der Waals surface area contributed by atoms with Gasteiger partial charge in [-0.2, -0.15) is 0 Å². The Morgan fingerprint density at radius 2 is 2.25 bits per heavy atom. The molecule has 0 aromatic carbocycles. The minimum absolute atomic E-state index is 0.638. The van der Waals surface area contributed by atoms with E-state index in [4.69, 9.17) is 14.0 Å². The average molecular weight is 150 g/mol. The second kappa shape index (κ2) is 2.28. The van der Waals surface area contributed by atoms with Crippen LogP contribution < -0.4 is 0 Å². The third-order valence-electron chi connectivity index (χ3n) is 1.20. The molecule has 1 saturated heterocycles. The molecule has 0 radical (unpaired) electrons. The van der Waals surface area contributed by atoms with Gasteiger partial charge >= 0.3 is 8.08 Å². The molecular weight excluding hydrogens is 140 g/mol. The first-order chi connectivity index (χ1) is 3.71. The van der Waals surface area contributed by atoms with Crippen molar-refractivity contribution in [3.63, 3.8) is 0 Å². The van der Waals surface area contributed by atoms with Crippen LogP contribution in [-0.4, -0.2) is 33.6 Å². The monoisotopic (exact) mass is 150 g/mol. The quantitative estimate of drug-likeness (QED) is 0.410. The van der Waals surface area contributed by atoms with E-state index in [-0.39, 0.29) is 0 Å². The summed E-state index contributed by atoms with van der Waals surface area (Å²) in [5, 5.41) is 0. The first-order valence-corrected chi connectivity index (χ1v) is 7.74. The summed E-state index contributed by atoms with van der Waals surface area (Å²) in [4.78, 5) is 18.0. The van der Waals surface area contributed by atoms with Gasteiger partial charge in [0.2, 0.25) is 9.28 Å². The highest BCUT2D eigenvalue weighted by atomic mass is 29.2. The molecule has 0 aromatic rings. The van der Waals surface area contributed by atoms with Crippen molar-refractivity contribution in [2.24, 2.45) is 0 Å². The van der Waals surface area contributed by atoms with Crippen LogP contribution >= 0.6 is 0 Å². The Morgan fingerprint density at radius 3 is 2.50 bits per heavy atom. The highest BCUT2D eigenvalue weighted by Crippen LogP contribution is 2.09. The summed E-state index contributed by atoms with van der Waals surface area (Å²) in [5.41, 5.74) is 0. The molecule has 0 aliphatic carbocycles. The van der Waals surface area contributed by atoms with Crippen LogP contribution in [0, 0.1) is 0 Å². The molecule has 1 fully saturated rings. The van der Waals surface area contributed by atoms with Crippen LogP contribution in [0.15, 0.2) is 0 Å². The van der Waals surface area contributed by atoms with Crippen molar-refractivity contribution in [3.8, 4) is 0 Å². The van der Waals surface area contributed by atoms with Gasteiger partial charge in [0.25, 0.3) is 0 Å². The van der Waals surface area contributed by atoms with Gasteiger partial charge in [0.05, 0.1) is 0 Å². The van der Waals surface area contributed by atoms with Crippen molar-refractivity contribution < 1.29 is 14.0 Å². The molecule has 0 saturated carbocycles. The predicted molar refractivity (Wildman–Crippen MR) is 34.1 cm³/mol. The third kappa shape index (κ3) is 1.68. The average Bonchev–Trinajstić information content (AvgIpc) is 1.65. The summed E-state index contributed by atoms with van der Waals surface area (Å²) in [6.45, 7) is 0.752. The summed E-state index contributed by atoms with van der Waals surface area (Å²) in [5.74, 6) is 0. The molecule has 1 aliphatic rings. The highest BCUT2D eigenvalue weighted by molar-refractivity contribution is 7.14. The van der Waals surface area contributed by atoms with E-state index in [1.165, 1.54) is 0 Å². The molecular formula is C3H10O3Si2. The Hall–Kier alpha value is 0.314. The van der Waals surface area contributed by atoms with Crippen LogP contribution in [0.1, 0.15) is 6.42 Å². The molecule has 1 aliphatic heterocycles. The second-order valence-corrected chi connectivity index (χ2v) is 9.56.